The number of carbonyl (C=O) groups is 1. The molecule has 4 heterocycles. The van der Waals surface area contributed by atoms with Gasteiger partial charge in [0.15, 0.2) is 23.1 Å². The number of aromatic hydroxyl groups is 1. The van der Waals surface area contributed by atoms with E-state index in [9.17, 15) is 23.5 Å². The van der Waals surface area contributed by atoms with Crippen molar-refractivity contribution in [1.82, 2.24) is 9.58 Å². The second-order valence-corrected chi connectivity index (χ2v) is 11.1. The topological polar surface area (TPSA) is 83.8 Å². The number of hydrogen-bond donors (Lipinski definition) is 2. The second kappa shape index (κ2) is 7.82. The van der Waals surface area contributed by atoms with E-state index in [4.69, 9.17) is 4.74 Å². The minimum Gasteiger partial charge on any atom is -0.502 e. The molecule has 190 valence electrons. The van der Waals surface area contributed by atoms with Crippen molar-refractivity contribution in [3.63, 3.8) is 0 Å². The molecule has 1 saturated heterocycles. The summed E-state index contributed by atoms with van der Waals surface area (Å²) in [7, 11) is 0. The van der Waals surface area contributed by atoms with Crippen LogP contribution in [0, 0.1) is 11.6 Å². The van der Waals surface area contributed by atoms with E-state index in [0.717, 1.165) is 21.6 Å². The van der Waals surface area contributed by atoms with E-state index in [2.05, 4.69) is 11.5 Å². The molecule has 2 N–H and O–H groups in total. The van der Waals surface area contributed by atoms with E-state index in [1.807, 2.05) is 19.1 Å². The van der Waals surface area contributed by atoms with Crippen LogP contribution in [0.2, 0.25) is 0 Å². The summed E-state index contributed by atoms with van der Waals surface area (Å²) in [6.45, 7) is 2.67. The van der Waals surface area contributed by atoms with Crippen LogP contribution in [-0.2, 0) is 10.5 Å². The molecular weight excluding hydrogens is 500 g/mol. The SMILES string of the molecule is C[C@H]1c2ccc(F)c(F)c2CSc2cccc([C@@H]3CC34OCCN3C(=O)c5c(O)c(=O)ccn5N[C@@H]34)c21. The Morgan fingerprint density at radius 3 is 2.84 bits per heavy atom. The lowest BCUT2D eigenvalue weighted by atomic mass is 9.85. The van der Waals surface area contributed by atoms with Gasteiger partial charge in [-0.05, 0) is 35.2 Å². The molecule has 1 saturated carbocycles. The number of hydrogen-bond acceptors (Lipinski definition) is 6. The molecule has 1 unspecified atom stereocenters. The number of nitrogens with one attached hydrogen (secondary N) is 1. The molecule has 7 rings (SSSR count). The first-order valence-electron chi connectivity index (χ1n) is 12.2. The van der Waals surface area contributed by atoms with Crippen LogP contribution in [-0.4, -0.2) is 45.5 Å². The molecule has 7 nitrogen and oxygen atoms in total. The molecule has 3 aromatic rings. The van der Waals surface area contributed by atoms with Gasteiger partial charge in [0.1, 0.15) is 11.8 Å². The van der Waals surface area contributed by atoms with Gasteiger partial charge in [0, 0.05) is 46.9 Å². The van der Waals surface area contributed by atoms with Crippen LogP contribution >= 0.6 is 11.8 Å². The molecule has 37 heavy (non-hydrogen) atoms. The molecule has 0 radical (unpaired) electrons. The number of amides is 1. The van der Waals surface area contributed by atoms with E-state index < -0.39 is 40.5 Å². The highest BCUT2D eigenvalue weighted by Gasteiger charge is 2.67. The number of halogens is 2. The van der Waals surface area contributed by atoms with E-state index in [1.54, 1.807) is 11.0 Å². The summed E-state index contributed by atoms with van der Waals surface area (Å²) in [5.41, 5.74) is 5.21. The van der Waals surface area contributed by atoms with Gasteiger partial charge in [0.25, 0.3) is 5.91 Å². The molecule has 2 aromatic carbocycles. The van der Waals surface area contributed by atoms with Crippen molar-refractivity contribution < 1.29 is 23.4 Å². The first-order chi connectivity index (χ1) is 17.8. The van der Waals surface area contributed by atoms with Crippen LogP contribution in [0.4, 0.5) is 8.78 Å². The van der Waals surface area contributed by atoms with Gasteiger partial charge in [0.2, 0.25) is 5.43 Å². The van der Waals surface area contributed by atoms with Crippen LogP contribution < -0.4 is 10.9 Å². The molecule has 1 spiro atoms. The highest BCUT2D eigenvalue weighted by atomic mass is 32.2. The number of rotatable bonds is 1. The molecule has 1 amide bonds. The monoisotopic (exact) mass is 523 g/mol. The predicted octanol–water partition coefficient (Wildman–Crippen LogP) is 3.87. The minimum atomic E-state index is -0.837. The van der Waals surface area contributed by atoms with Gasteiger partial charge >= 0.3 is 0 Å². The predicted molar refractivity (Wildman–Crippen MR) is 132 cm³/mol. The zero-order chi connectivity index (χ0) is 25.6. The van der Waals surface area contributed by atoms with E-state index in [-0.39, 0.29) is 17.5 Å². The molecule has 4 atom stereocenters. The normalized spacial score (nSPS) is 27.5. The molecular formula is C27H23F2N3O4S. The third-order valence-electron chi connectivity index (χ3n) is 8.21. The number of ether oxygens (including phenoxy) is 1. The van der Waals surface area contributed by atoms with Gasteiger partial charge in [-0.15, -0.1) is 11.8 Å². The van der Waals surface area contributed by atoms with Crippen molar-refractivity contribution in [1.29, 1.82) is 0 Å². The van der Waals surface area contributed by atoms with Crippen LogP contribution in [0.25, 0.3) is 0 Å². The van der Waals surface area contributed by atoms with Gasteiger partial charge in [-0.25, -0.2) is 8.78 Å². The Hall–Kier alpha value is -3.37. The summed E-state index contributed by atoms with van der Waals surface area (Å²) in [6.07, 6.45) is 1.61. The number of aromatic nitrogens is 1. The number of nitrogens with zero attached hydrogens (tertiary/aromatic N) is 2. The smallest absolute Gasteiger partial charge is 0.278 e. The molecule has 0 bridgehead atoms. The zero-order valence-corrected chi connectivity index (χ0v) is 20.6. The van der Waals surface area contributed by atoms with Gasteiger partial charge in [-0.1, -0.05) is 25.1 Å². The van der Waals surface area contributed by atoms with Crippen molar-refractivity contribution in [2.75, 3.05) is 18.6 Å². The molecule has 10 heteroatoms. The summed E-state index contributed by atoms with van der Waals surface area (Å²) in [5, 5.41) is 10.3. The van der Waals surface area contributed by atoms with Crippen molar-refractivity contribution in [3.8, 4) is 5.75 Å². The van der Waals surface area contributed by atoms with Crippen molar-refractivity contribution in [2.45, 2.75) is 47.6 Å². The van der Waals surface area contributed by atoms with Crippen LogP contribution in [0.3, 0.4) is 0 Å². The summed E-state index contributed by atoms with van der Waals surface area (Å²) in [4.78, 5) is 28.0. The Morgan fingerprint density at radius 2 is 2.00 bits per heavy atom. The van der Waals surface area contributed by atoms with Crippen LogP contribution in [0.15, 0.2) is 52.3 Å². The Kier molecular flexibility index (Phi) is 4.82. The molecule has 2 fully saturated rings. The fourth-order valence-corrected chi connectivity index (χ4v) is 7.54. The van der Waals surface area contributed by atoms with E-state index in [1.165, 1.54) is 34.8 Å². The summed E-state index contributed by atoms with van der Waals surface area (Å²) in [6, 6.07) is 10.1. The molecule has 1 aromatic heterocycles. The highest BCUT2D eigenvalue weighted by molar-refractivity contribution is 7.98. The largest absolute Gasteiger partial charge is 0.502 e. The lowest BCUT2D eigenvalue weighted by molar-refractivity contribution is -0.0781. The number of pyridine rings is 1. The average molecular weight is 524 g/mol. The Morgan fingerprint density at radius 1 is 1.16 bits per heavy atom. The van der Waals surface area contributed by atoms with E-state index in [0.29, 0.717) is 30.9 Å². The Balaban J connectivity index is 1.30. The third-order valence-corrected chi connectivity index (χ3v) is 9.31. The summed E-state index contributed by atoms with van der Waals surface area (Å²) >= 11 is 1.50. The lowest BCUT2D eigenvalue weighted by Gasteiger charge is -2.46. The maximum absolute atomic E-state index is 14.7. The first-order valence-corrected chi connectivity index (χ1v) is 13.2. The van der Waals surface area contributed by atoms with Crippen LogP contribution in [0.1, 0.15) is 57.9 Å². The standard InChI is InChI=1S/C27H23F2N3O4S/c1-13-14-5-6-18(28)22(29)16(14)12-37-20-4-2-3-15(21(13)20)17-11-27(17)26-30-32-8-7-19(33)24(34)23(32)25(35)31(26)9-10-36-27/h2-8,13,17,26,30,34H,9-12H2,1H3/t13-,17-,26-,27?/m0/s1. The number of thioether (sulfide) groups is 1. The van der Waals surface area contributed by atoms with Gasteiger partial charge < -0.3 is 20.2 Å². The minimum absolute atomic E-state index is 0.0417. The quantitative estimate of drug-likeness (QED) is 0.504. The lowest BCUT2D eigenvalue weighted by Crippen LogP contribution is -2.64. The van der Waals surface area contributed by atoms with Crippen molar-refractivity contribution in [2.24, 2.45) is 0 Å². The molecule has 1 aliphatic carbocycles. The van der Waals surface area contributed by atoms with E-state index >= 15 is 0 Å². The third kappa shape index (κ3) is 3.08. The van der Waals surface area contributed by atoms with Gasteiger partial charge in [0.05, 0.1) is 6.61 Å². The van der Waals surface area contributed by atoms with Gasteiger partial charge in [-0.3, -0.25) is 14.3 Å². The number of carbonyl (C=O) groups excluding carboxylic acids is 1. The first kappa shape index (κ1) is 22.8. The van der Waals surface area contributed by atoms with Crippen molar-refractivity contribution >= 4 is 17.7 Å². The summed E-state index contributed by atoms with van der Waals surface area (Å²) in [5.74, 6) is -2.48. The highest BCUT2D eigenvalue weighted by Crippen LogP contribution is 2.61. The number of fused-ring (bicyclic) bond motifs is 5. The second-order valence-electron chi connectivity index (χ2n) is 10.0. The fourth-order valence-electron chi connectivity index (χ4n) is 6.32. The van der Waals surface area contributed by atoms with Gasteiger partial charge in [-0.2, -0.15) is 0 Å². The fraction of sp³-hybridized carbons (Fsp3) is 0.333. The van der Waals surface area contributed by atoms with Crippen molar-refractivity contribution in [3.05, 3.63) is 92.4 Å². The molecule has 3 aliphatic heterocycles. The maximum Gasteiger partial charge on any atom is 0.278 e. The maximum atomic E-state index is 14.7. The Labute approximate surface area is 215 Å². The average Bonchev–Trinajstić information content (AvgIpc) is 3.63. The molecule has 4 aliphatic rings. The zero-order valence-electron chi connectivity index (χ0n) is 19.8. The summed E-state index contributed by atoms with van der Waals surface area (Å²) < 4.78 is 36.5. The number of benzene rings is 2. The Bertz CT molecular complexity index is 1560. The van der Waals surface area contributed by atoms with Crippen LogP contribution in [0.5, 0.6) is 5.75 Å². The number of morpholine rings is 1.